The molecule has 0 saturated carbocycles. The summed E-state index contributed by atoms with van der Waals surface area (Å²) in [5.41, 5.74) is 7.25. The number of rotatable bonds is 3. The van der Waals surface area contributed by atoms with E-state index in [4.69, 9.17) is 40.5 Å². The van der Waals surface area contributed by atoms with E-state index in [1.54, 1.807) is 30.3 Å². The van der Waals surface area contributed by atoms with Crippen LogP contribution in [-0.4, -0.2) is 0 Å². The summed E-state index contributed by atoms with van der Waals surface area (Å²) in [6, 6.07) is 9.29. The van der Waals surface area contributed by atoms with E-state index in [1.165, 1.54) is 6.07 Å². The van der Waals surface area contributed by atoms with Gasteiger partial charge in [-0.3, -0.25) is 0 Å². The molecule has 0 amide bonds. The van der Waals surface area contributed by atoms with E-state index in [0.29, 0.717) is 27.1 Å². The zero-order valence-corrected chi connectivity index (χ0v) is 12.1. The van der Waals surface area contributed by atoms with Crippen molar-refractivity contribution in [3.63, 3.8) is 0 Å². The minimum Gasteiger partial charge on any atom is -0.324 e. The van der Waals surface area contributed by atoms with Crippen molar-refractivity contribution in [1.29, 1.82) is 0 Å². The molecule has 0 aliphatic rings. The second-order valence-electron chi connectivity index (χ2n) is 4.18. The van der Waals surface area contributed by atoms with E-state index in [-0.39, 0.29) is 5.82 Å². The van der Waals surface area contributed by atoms with Crippen LogP contribution >= 0.6 is 34.8 Å². The van der Waals surface area contributed by atoms with E-state index in [2.05, 4.69) is 0 Å². The maximum Gasteiger partial charge on any atom is 0.127 e. The molecule has 0 fully saturated rings. The van der Waals surface area contributed by atoms with Crippen LogP contribution in [0.3, 0.4) is 0 Å². The molecular weight excluding hydrogens is 308 g/mol. The van der Waals surface area contributed by atoms with Crippen molar-refractivity contribution in [3.8, 4) is 0 Å². The van der Waals surface area contributed by atoms with E-state index >= 15 is 0 Å². The van der Waals surface area contributed by atoms with Gasteiger partial charge in [0, 0.05) is 16.6 Å². The van der Waals surface area contributed by atoms with Gasteiger partial charge in [-0.1, -0.05) is 46.9 Å². The molecule has 1 unspecified atom stereocenters. The molecule has 2 aromatic rings. The summed E-state index contributed by atoms with van der Waals surface area (Å²) < 4.78 is 13.7. The van der Waals surface area contributed by atoms with Crippen LogP contribution in [0.1, 0.15) is 17.2 Å². The van der Waals surface area contributed by atoms with Gasteiger partial charge in [0.2, 0.25) is 0 Å². The average Bonchev–Trinajstić information content (AvgIpc) is 2.37. The van der Waals surface area contributed by atoms with Gasteiger partial charge >= 0.3 is 0 Å². The number of hydrogen-bond donors (Lipinski definition) is 1. The van der Waals surface area contributed by atoms with Gasteiger partial charge in [0.15, 0.2) is 0 Å². The van der Waals surface area contributed by atoms with Crippen LogP contribution in [0.25, 0.3) is 0 Å². The molecule has 1 nitrogen and oxygen atoms in total. The molecule has 0 bridgehead atoms. The van der Waals surface area contributed by atoms with Crippen molar-refractivity contribution in [3.05, 3.63) is 68.4 Å². The molecule has 0 spiro atoms. The first-order valence-electron chi connectivity index (χ1n) is 5.62. The lowest BCUT2D eigenvalue weighted by molar-refractivity contribution is 0.593. The Bertz CT molecular complexity index is 581. The lowest BCUT2D eigenvalue weighted by Crippen LogP contribution is -2.14. The molecule has 1 atom stereocenters. The van der Waals surface area contributed by atoms with Crippen molar-refractivity contribution in [1.82, 2.24) is 0 Å². The SMILES string of the molecule is NC(Cc1c(F)cccc1Cl)c1ccc(Cl)c(Cl)c1. The molecule has 0 saturated heterocycles. The van der Waals surface area contributed by atoms with Crippen LogP contribution < -0.4 is 5.73 Å². The Morgan fingerprint density at radius 2 is 1.74 bits per heavy atom. The normalized spacial score (nSPS) is 12.5. The summed E-state index contributed by atoms with van der Waals surface area (Å²) >= 11 is 17.8. The lowest BCUT2D eigenvalue weighted by Gasteiger charge is -2.14. The monoisotopic (exact) mass is 317 g/mol. The fourth-order valence-electron chi connectivity index (χ4n) is 1.81. The third-order valence-electron chi connectivity index (χ3n) is 2.86. The van der Waals surface area contributed by atoms with Gasteiger partial charge in [-0.05, 0) is 36.2 Å². The molecule has 0 heterocycles. The zero-order valence-electron chi connectivity index (χ0n) is 9.84. The molecule has 5 heteroatoms. The zero-order chi connectivity index (χ0) is 14.0. The summed E-state index contributed by atoms with van der Waals surface area (Å²) in [7, 11) is 0. The second kappa shape index (κ2) is 6.10. The molecule has 100 valence electrons. The standard InChI is InChI=1S/C14H11Cl3FN/c15-10-2-1-3-13(18)9(10)7-14(19)8-4-5-11(16)12(17)6-8/h1-6,14H,7,19H2. The minimum atomic E-state index is -0.399. The average molecular weight is 319 g/mol. The van der Waals surface area contributed by atoms with Gasteiger partial charge in [-0.25, -0.2) is 4.39 Å². The Morgan fingerprint density at radius 1 is 1.00 bits per heavy atom. The predicted molar refractivity (Wildman–Crippen MR) is 78.5 cm³/mol. The Balaban J connectivity index is 2.25. The topological polar surface area (TPSA) is 26.0 Å². The molecule has 0 aliphatic carbocycles. The highest BCUT2D eigenvalue weighted by Crippen LogP contribution is 2.28. The van der Waals surface area contributed by atoms with Gasteiger partial charge in [-0.2, -0.15) is 0 Å². The highest BCUT2D eigenvalue weighted by Gasteiger charge is 2.14. The third kappa shape index (κ3) is 3.40. The maximum absolute atomic E-state index is 13.7. The van der Waals surface area contributed by atoms with Crippen molar-refractivity contribution in [2.24, 2.45) is 5.73 Å². The van der Waals surface area contributed by atoms with Crippen molar-refractivity contribution < 1.29 is 4.39 Å². The Hall–Kier alpha value is -0.800. The largest absolute Gasteiger partial charge is 0.324 e. The number of benzene rings is 2. The molecule has 2 aromatic carbocycles. The minimum absolute atomic E-state index is 0.295. The first kappa shape index (κ1) is 14.6. The summed E-state index contributed by atoms with van der Waals surface area (Å²) in [5, 5.41) is 1.26. The molecule has 0 aliphatic heterocycles. The summed E-state index contributed by atoms with van der Waals surface area (Å²) in [5.74, 6) is -0.358. The summed E-state index contributed by atoms with van der Waals surface area (Å²) in [6.07, 6.45) is 0.295. The highest BCUT2D eigenvalue weighted by molar-refractivity contribution is 6.42. The van der Waals surface area contributed by atoms with Crippen LogP contribution in [0.5, 0.6) is 0 Å². The number of hydrogen-bond acceptors (Lipinski definition) is 1. The first-order chi connectivity index (χ1) is 8.99. The van der Waals surface area contributed by atoms with E-state index in [0.717, 1.165) is 5.56 Å². The van der Waals surface area contributed by atoms with Gasteiger partial charge < -0.3 is 5.73 Å². The van der Waals surface area contributed by atoms with Crippen molar-refractivity contribution in [2.45, 2.75) is 12.5 Å². The molecular formula is C14H11Cl3FN. The van der Waals surface area contributed by atoms with Crippen LogP contribution in [-0.2, 0) is 6.42 Å². The van der Waals surface area contributed by atoms with E-state index in [9.17, 15) is 4.39 Å². The Labute approximate surface area is 126 Å². The summed E-state index contributed by atoms with van der Waals surface area (Å²) in [4.78, 5) is 0. The first-order valence-corrected chi connectivity index (χ1v) is 6.76. The predicted octanol–water partition coefficient (Wildman–Crippen LogP) is 5.03. The highest BCUT2D eigenvalue weighted by atomic mass is 35.5. The van der Waals surface area contributed by atoms with Gasteiger partial charge in [0.05, 0.1) is 10.0 Å². The third-order valence-corrected chi connectivity index (χ3v) is 3.95. The van der Waals surface area contributed by atoms with Crippen molar-refractivity contribution in [2.75, 3.05) is 0 Å². The van der Waals surface area contributed by atoms with Crippen LogP contribution in [0, 0.1) is 5.82 Å². The quantitative estimate of drug-likeness (QED) is 0.844. The molecule has 0 radical (unpaired) electrons. The van der Waals surface area contributed by atoms with E-state index < -0.39 is 6.04 Å². The molecule has 19 heavy (non-hydrogen) atoms. The van der Waals surface area contributed by atoms with Gasteiger partial charge in [-0.15, -0.1) is 0 Å². The van der Waals surface area contributed by atoms with Crippen LogP contribution in [0.15, 0.2) is 36.4 Å². The van der Waals surface area contributed by atoms with Gasteiger partial charge in [0.1, 0.15) is 5.82 Å². The molecule has 0 aromatic heterocycles. The Morgan fingerprint density at radius 3 is 2.37 bits per heavy atom. The second-order valence-corrected chi connectivity index (χ2v) is 5.41. The molecule has 2 rings (SSSR count). The lowest BCUT2D eigenvalue weighted by atomic mass is 9.99. The van der Waals surface area contributed by atoms with Crippen molar-refractivity contribution >= 4 is 34.8 Å². The molecule has 2 N–H and O–H groups in total. The maximum atomic E-state index is 13.7. The fourth-order valence-corrected chi connectivity index (χ4v) is 2.35. The van der Waals surface area contributed by atoms with E-state index in [1.807, 2.05) is 0 Å². The number of nitrogens with two attached hydrogens (primary N) is 1. The van der Waals surface area contributed by atoms with Gasteiger partial charge in [0.25, 0.3) is 0 Å². The number of halogens is 4. The smallest absolute Gasteiger partial charge is 0.127 e. The van der Waals surface area contributed by atoms with Crippen LogP contribution in [0.2, 0.25) is 15.1 Å². The van der Waals surface area contributed by atoms with Crippen LogP contribution in [0.4, 0.5) is 4.39 Å². The Kier molecular flexibility index (Phi) is 4.69. The summed E-state index contributed by atoms with van der Waals surface area (Å²) in [6.45, 7) is 0. The fraction of sp³-hybridized carbons (Fsp3) is 0.143.